The minimum atomic E-state index is -4.08. The van der Waals surface area contributed by atoms with Gasteiger partial charge in [-0.1, -0.05) is 52.9 Å². The number of hydrogen-bond acceptors (Lipinski definition) is 4. The second-order valence-electron chi connectivity index (χ2n) is 9.31. The fourth-order valence-corrected chi connectivity index (χ4v) is 11.1. The molecule has 3 rings (SSSR count). The second kappa shape index (κ2) is 13.8. The minimum absolute atomic E-state index is 0. The molecule has 164 valence electrons. The van der Waals surface area contributed by atoms with Gasteiger partial charge in [-0.05, 0) is 74.8 Å². The van der Waals surface area contributed by atoms with Crippen LogP contribution in [0.25, 0.3) is 0 Å². The maximum atomic E-state index is 10.7. The van der Waals surface area contributed by atoms with E-state index in [0.717, 1.165) is 23.4 Å². The predicted molar refractivity (Wildman–Crippen MR) is 116 cm³/mol. The SMILES string of the molecule is O=S(=O)([O-])CCCCOC1CCCC(P(C2CCCCC2)C2CCCCC2)C1.[Na+]. The molecular formula is C22H40NaO4PS. The van der Waals surface area contributed by atoms with E-state index >= 15 is 0 Å². The molecule has 29 heavy (non-hydrogen) atoms. The Morgan fingerprint density at radius 3 is 1.86 bits per heavy atom. The molecule has 3 fully saturated rings. The third-order valence-electron chi connectivity index (χ3n) is 7.15. The molecule has 0 aromatic heterocycles. The Balaban J connectivity index is 0.00000300. The van der Waals surface area contributed by atoms with Crippen molar-refractivity contribution in [1.82, 2.24) is 0 Å². The van der Waals surface area contributed by atoms with Gasteiger partial charge in [0.1, 0.15) is 0 Å². The van der Waals surface area contributed by atoms with E-state index in [1.165, 1.54) is 83.5 Å². The van der Waals surface area contributed by atoms with Crippen molar-refractivity contribution in [2.24, 2.45) is 0 Å². The molecular weight excluding hydrogens is 414 g/mol. The normalized spacial score (nSPS) is 27.7. The first-order valence-electron chi connectivity index (χ1n) is 11.9. The molecule has 2 unspecified atom stereocenters. The van der Waals surface area contributed by atoms with E-state index in [-0.39, 0.29) is 43.2 Å². The molecule has 0 bridgehead atoms. The first kappa shape index (κ1) is 26.6. The van der Waals surface area contributed by atoms with Gasteiger partial charge in [0.15, 0.2) is 0 Å². The van der Waals surface area contributed by atoms with Crippen LogP contribution in [0.2, 0.25) is 0 Å². The predicted octanol–water partition coefficient (Wildman–Crippen LogP) is 2.79. The zero-order chi connectivity index (χ0) is 19.8. The van der Waals surface area contributed by atoms with E-state index in [2.05, 4.69) is 0 Å². The summed E-state index contributed by atoms with van der Waals surface area (Å²) < 4.78 is 38.3. The molecule has 0 aliphatic heterocycles. The van der Waals surface area contributed by atoms with Crippen molar-refractivity contribution < 1.29 is 47.3 Å². The van der Waals surface area contributed by atoms with Gasteiger partial charge in [0.05, 0.1) is 16.2 Å². The largest absolute Gasteiger partial charge is 1.00 e. The third kappa shape index (κ3) is 9.36. The topological polar surface area (TPSA) is 66.4 Å². The van der Waals surface area contributed by atoms with Gasteiger partial charge in [-0.25, -0.2) is 8.42 Å². The van der Waals surface area contributed by atoms with E-state index in [0.29, 0.717) is 25.6 Å². The van der Waals surface area contributed by atoms with E-state index in [1.54, 1.807) is 0 Å². The summed E-state index contributed by atoms with van der Waals surface area (Å²) in [4.78, 5) is 0. The van der Waals surface area contributed by atoms with Crippen LogP contribution in [0.1, 0.15) is 103 Å². The van der Waals surface area contributed by atoms with Gasteiger partial charge in [0.2, 0.25) is 0 Å². The van der Waals surface area contributed by atoms with Gasteiger partial charge in [0.25, 0.3) is 0 Å². The van der Waals surface area contributed by atoms with Crippen LogP contribution in [-0.2, 0) is 14.9 Å². The standard InChI is InChI=1S/C22H41O4PS.Na/c23-28(24,25)17-8-7-16-26-19-10-9-15-22(18-19)27(20-11-3-1-4-12-20)21-13-5-2-6-14-21;/h19-22H,1-18H2,(H,23,24,25);/q;+1/p-1. The summed E-state index contributed by atoms with van der Waals surface area (Å²) in [6.45, 7) is 0.609. The van der Waals surface area contributed by atoms with Crippen LogP contribution in [0.3, 0.4) is 0 Å². The molecule has 0 amide bonds. The molecule has 0 spiro atoms. The summed E-state index contributed by atoms with van der Waals surface area (Å²) in [6.07, 6.45) is 21.2. The van der Waals surface area contributed by atoms with Crippen molar-refractivity contribution in [2.75, 3.05) is 12.4 Å². The summed E-state index contributed by atoms with van der Waals surface area (Å²) in [6, 6.07) is 0. The number of rotatable bonds is 9. The summed E-state index contributed by atoms with van der Waals surface area (Å²) in [5, 5.41) is 0. The first-order valence-corrected chi connectivity index (χ1v) is 15.0. The van der Waals surface area contributed by atoms with Crippen molar-refractivity contribution in [2.45, 2.75) is 126 Å². The van der Waals surface area contributed by atoms with Crippen molar-refractivity contribution in [3.8, 4) is 0 Å². The number of ether oxygens (including phenoxy) is 1. The Kier molecular flexibility index (Phi) is 12.6. The van der Waals surface area contributed by atoms with Crippen LogP contribution >= 0.6 is 7.92 Å². The Bertz CT molecular complexity index is 529. The number of hydrogen-bond donors (Lipinski definition) is 0. The van der Waals surface area contributed by atoms with Crippen LogP contribution in [0.4, 0.5) is 0 Å². The fourth-order valence-electron chi connectivity index (χ4n) is 5.83. The van der Waals surface area contributed by atoms with Crippen molar-refractivity contribution in [1.29, 1.82) is 0 Å². The Labute approximate surface area is 202 Å². The summed E-state index contributed by atoms with van der Waals surface area (Å²) in [7, 11) is -3.96. The van der Waals surface area contributed by atoms with Crippen LogP contribution in [-0.4, -0.2) is 48.4 Å². The summed E-state index contributed by atoms with van der Waals surface area (Å²) in [5.74, 6) is -0.252. The van der Waals surface area contributed by atoms with Crippen LogP contribution in [0, 0.1) is 0 Å². The molecule has 0 heterocycles. The minimum Gasteiger partial charge on any atom is -0.748 e. The monoisotopic (exact) mass is 454 g/mol. The second-order valence-corrected chi connectivity index (χ2v) is 13.9. The molecule has 3 aliphatic carbocycles. The van der Waals surface area contributed by atoms with Crippen molar-refractivity contribution in [3.05, 3.63) is 0 Å². The van der Waals surface area contributed by atoms with E-state index in [1.807, 2.05) is 0 Å². The molecule has 0 aromatic carbocycles. The Hall–Kier alpha value is 1.30. The molecule has 0 radical (unpaired) electrons. The zero-order valence-corrected chi connectivity index (χ0v) is 22.2. The molecule has 0 N–H and O–H groups in total. The van der Waals surface area contributed by atoms with Gasteiger partial charge in [-0.15, -0.1) is 0 Å². The molecule has 0 saturated heterocycles. The van der Waals surface area contributed by atoms with Crippen LogP contribution in [0.5, 0.6) is 0 Å². The molecule has 3 saturated carbocycles. The van der Waals surface area contributed by atoms with Gasteiger partial charge in [0, 0.05) is 12.4 Å². The average Bonchev–Trinajstić information content (AvgIpc) is 2.69. The van der Waals surface area contributed by atoms with Crippen molar-refractivity contribution >= 4 is 18.0 Å². The van der Waals surface area contributed by atoms with Gasteiger partial charge in [-0.3, -0.25) is 0 Å². The quantitative estimate of drug-likeness (QED) is 0.233. The molecule has 0 aromatic rings. The third-order valence-corrected chi connectivity index (χ3v) is 12.0. The molecule has 3 aliphatic rings. The Morgan fingerprint density at radius 1 is 0.759 bits per heavy atom. The smallest absolute Gasteiger partial charge is 0.748 e. The average molecular weight is 455 g/mol. The van der Waals surface area contributed by atoms with Crippen LogP contribution < -0.4 is 29.6 Å². The maximum absolute atomic E-state index is 10.7. The van der Waals surface area contributed by atoms with E-state index < -0.39 is 10.1 Å². The van der Waals surface area contributed by atoms with Crippen LogP contribution in [0.15, 0.2) is 0 Å². The van der Waals surface area contributed by atoms with Crippen molar-refractivity contribution in [3.63, 3.8) is 0 Å². The van der Waals surface area contributed by atoms with E-state index in [9.17, 15) is 13.0 Å². The molecule has 7 heteroatoms. The molecule has 2 atom stereocenters. The Morgan fingerprint density at radius 2 is 1.31 bits per heavy atom. The first-order chi connectivity index (χ1) is 13.5. The zero-order valence-electron chi connectivity index (χ0n) is 18.5. The number of unbranched alkanes of at least 4 members (excludes halogenated alkanes) is 1. The molecule has 4 nitrogen and oxygen atoms in total. The van der Waals surface area contributed by atoms with Gasteiger partial charge >= 0.3 is 29.6 Å². The summed E-state index contributed by atoms with van der Waals surface area (Å²) >= 11 is 0. The maximum Gasteiger partial charge on any atom is 1.00 e. The summed E-state index contributed by atoms with van der Waals surface area (Å²) in [5.41, 5.74) is 2.91. The van der Waals surface area contributed by atoms with Gasteiger partial charge in [-0.2, -0.15) is 0 Å². The fraction of sp³-hybridized carbons (Fsp3) is 1.00. The van der Waals surface area contributed by atoms with Gasteiger partial charge < -0.3 is 9.29 Å². The van der Waals surface area contributed by atoms with E-state index in [4.69, 9.17) is 4.74 Å².